The molecule has 0 radical (unpaired) electrons. The van der Waals surface area contributed by atoms with Crippen LogP contribution in [0.25, 0.3) is 11.3 Å². The number of aryl methyl sites for hydroxylation is 1. The van der Waals surface area contributed by atoms with Crippen LogP contribution in [0.5, 0.6) is 11.5 Å². The standard InChI is InChI=1S/C24H23F3N2O2/c1-16-4-3-5-17(10-16)14-29-8-9-31-23-19(15-29)11-18(12-22(23)30-2)21-7-6-20(13-28-21)24(25,26)27/h3-7,10-13H,8-9,14-15H2,1-2H3. The zero-order chi connectivity index (χ0) is 22.0. The van der Waals surface area contributed by atoms with Crippen molar-refractivity contribution >= 4 is 0 Å². The van der Waals surface area contributed by atoms with E-state index in [2.05, 4.69) is 35.0 Å². The van der Waals surface area contributed by atoms with Gasteiger partial charge in [0.2, 0.25) is 0 Å². The van der Waals surface area contributed by atoms with Gasteiger partial charge in [0, 0.05) is 37.0 Å². The first-order valence-electron chi connectivity index (χ1n) is 9.99. The molecule has 1 aliphatic rings. The highest BCUT2D eigenvalue weighted by atomic mass is 19.4. The summed E-state index contributed by atoms with van der Waals surface area (Å²) in [5.74, 6) is 1.22. The van der Waals surface area contributed by atoms with Gasteiger partial charge in [0.25, 0.3) is 0 Å². The third kappa shape index (κ3) is 4.82. The zero-order valence-electron chi connectivity index (χ0n) is 17.4. The Labute approximate surface area is 179 Å². The number of hydrogen-bond donors (Lipinski definition) is 0. The van der Waals surface area contributed by atoms with Crippen LogP contribution in [0.15, 0.2) is 54.7 Å². The number of aromatic nitrogens is 1. The molecule has 0 saturated heterocycles. The molecule has 0 atom stereocenters. The summed E-state index contributed by atoms with van der Waals surface area (Å²) in [5, 5.41) is 0. The third-order valence-corrected chi connectivity index (χ3v) is 5.27. The van der Waals surface area contributed by atoms with Crippen molar-refractivity contribution in [3.8, 4) is 22.8 Å². The Bertz CT molecular complexity index is 1070. The molecule has 0 saturated carbocycles. The van der Waals surface area contributed by atoms with Gasteiger partial charge in [-0.1, -0.05) is 29.8 Å². The molecule has 1 aromatic heterocycles. The summed E-state index contributed by atoms with van der Waals surface area (Å²) in [4.78, 5) is 6.31. The molecule has 162 valence electrons. The van der Waals surface area contributed by atoms with Crippen molar-refractivity contribution in [2.75, 3.05) is 20.3 Å². The number of fused-ring (bicyclic) bond motifs is 1. The Morgan fingerprint density at radius 1 is 1.13 bits per heavy atom. The first-order valence-corrected chi connectivity index (χ1v) is 9.99. The zero-order valence-corrected chi connectivity index (χ0v) is 17.4. The van der Waals surface area contributed by atoms with Crippen molar-refractivity contribution in [3.63, 3.8) is 0 Å². The van der Waals surface area contributed by atoms with Crippen LogP contribution in [-0.4, -0.2) is 30.1 Å². The van der Waals surface area contributed by atoms with Gasteiger partial charge in [0.15, 0.2) is 11.5 Å². The minimum atomic E-state index is -4.42. The number of hydrogen-bond acceptors (Lipinski definition) is 4. The average Bonchev–Trinajstić information content (AvgIpc) is 2.94. The lowest BCUT2D eigenvalue weighted by molar-refractivity contribution is -0.137. The van der Waals surface area contributed by atoms with Crippen molar-refractivity contribution in [3.05, 3.63) is 77.0 Å². The van der Waals surface area contributed by atoms with Gasteiger partial charge in [-0.15, -0.1) is 0 Å². The lowest BCUT2D eigenvalue weighted by atomic mass is 10.0. The summed E-state index contributed by atoms with van der Waals surface area (Å²) in [5.41, 5.74) is 3.71. The summed E-state index contributed by atoms with van der Waals surface area (Å²) in [7, 11) is 1.55. The molecule has 3 aromatic rings. The molecule has 0 fully saturated rings. The van der Waals surface area contributed by atoms with Gasteiger partial charge in [-0.3, -0.25) is 9.88 Å². The fraction of sp³-hybridized carbons (Fsp3) is 0.292. The number of nitrogens with zero attached hydrogens (tertiary/aromatic N) is 2. The summed E-state index contributed by atoms with van der Waals surface area (Å²) >= 11 is 0. The van der Waals surface area contributed by atoms with Crippen LogP contribution in [0.2, 0.25) is 0 Å². The summed E-state index contributed by atoms with van der Waals surface area (Å²) in [6.07, 6.45) is -3.56. The number of methoxy groups -OCH3 is 1. The van der Waals surface area contributed by atoms with Crippen LogP contribution >= 0.6 is 0 Å². The van der Waals surface area contributed by atoms with Crippen molar-refractivity contribution in [1.29, 1.82) is 0 Å². The molecule has 1 aliphatic heterocycles. The monoisotopic (exact) mass is 428 g/mol. The fourth-order valence-corrected chi connectivity index (χ4v) is 3.77. The number of alkyl halides is 3. The van der Waals surface area contributed by atoms with Gasteiger partial charge < -0.3 is 9.47 Å². The van der Waals surface area contributed by atoms with Gasteiger partial charge in [-0.25, -0.2) is 0 Å². The highest BCUT2D eigenvalue weighted by Crippen LogP contribution is 2.38. The quantitative estimate of drug-likeness (QED) is 0.551. The van der Waals surface area contributed by atoms with Gasteiger partial charge in [-0.2, -0.15) is 13.2 Å². The Morgan fingerprint density at radius 2 is 1.97 bits per heavy atom. The van der Waals surface area contributed by atoms with E-state index >= 15 is 0 Å². The molecule has 31 heavy (non-hydrogen) atoms. The molecular weight excluding hydrogens is 405 g/mol. The predicted octanol–water partition coefficient (Wildman–Crippen LogP) is 5.48. The molecule has 2 aromatic carbocycles. The molecule has 0 amide bonds. The van der Waals surface area contributed by atoms with Crippen molar-refractivity contribution in [2.24, 2.45) is 0 Å². The third-order valence-electron chi connectivity index (χ3n) is 5.27. The Kier molecular flexibility index (Phi) is 5.87. The number of ether oxygens (including phenoxy) is 2. The molecule has 4 nitrogen and oxygen atoms in total. The Morgan fingerprint density at radius 3 is 2.65 bits per heavy atom. The lowest BCUT2D eigenvalue weighted by Gasteiger charge is -2.20. The minimum Gasteiger partial charge on any atom is -0.493 e. The number of pyridine rings is 1. The topological polar surface area (TPSA) is 34.6 Å². The fourth-order valence-electron chi connectivity index (χ4n) is 3.77. The molecule has 2 heterocycles. The molecule has 4 rings (SSSR count). The molecule has 7 heteroatoms. The van der Waals surface area contributed by atoms with E-state index in [0.717, 1.165) is 30.9 Å². The van der Waals surface area contributed by atoms with E-state index in [0.29, 0.717) is 35.9 Å². The molecule has 0 bridgehead atoms. The normalized spacial score (nSPS) is 14.5. The van der Waals surface area contributed by atoms with E-state index in [9.17, 15) is 13.2 Å². The molecular formula is C24H23F3N2O2. The Hall–Kier alpha value is -3.06. The second kappa shape index (κ2) is 8.59. The van der Waals surface area contributed by atoms with E-state index in [1.165, 1.54) is 17.2 Å². The van der Waals surface area contributed by atoms with Crippen LogP contribution in [0.4, 0.5) is 13.2 Å². The van der Waals surface area contributed by atoms with E-state index in [4.69, 9.17) is 9.47 Å². The Balaban J connectivity index is 1.65. The lowest BCUT2D eigenvalue weighted by Crippen LogP contribution is -2.25. The summed E-state index contributed by atoms with van der Waals surface area (Å²) in [6, 6.07) is 14.5. The van der Waals surface area contributed by atoms with E-state index in [-0.39, 0.29) is 0 Å². The van der Waals surface area contributed by atoms with E-state index in [1.54, 1.807) is 13.2 Å². The van der Waals surface area contributed by atoms with Crippen molar-refractivity contribution in [1.82, 2.24) is 9.88 Å². The average molecular weight is 428 g/mol. The van der Waals surface area contributed by atoms with Crippen molar-refractivity contribution in [2.45, 2.75) is 26.2 Å². The first-order chi connectivity index (χ1) is 14.8. The van der Waals surface area contributed by atoms with Crippen LogP contribution in [-0.2, 0) is 19.3 Å². The van der Waals surface area contributed by atoms with Crippen LogP contribution < -0.4 is 9.47 Å². The van der Waals surface area contributed by atoms with Gasteiger partial charge >= 0.3 is 6.18 Å². The number of halogens is 3. The molecule has 0 N–H and O–H groups in total. The molecule has 0 spiro atoms. The minimum absolute atomic E-state index is 0.448. The maximum absolute atomic E-state index is 12.9. The maximum atomic E-state index is 12.9. The van der Waals surface area contributed by atoms with Gasteiger partial charge in [0.05, 0.1) is 18.4 Å². The first kappa shape index (κ1) is 21.2. The van der Waals surface area contributed by atoms with E-state index in [1.807, 2.05) is 12.1 Å². The number of benzene rings is 2. The second-order valence-electron chi connectivity index (χ2n) is 7.64. The largest absolute Gasteiger partial charge is 0.493 e. The highest BCUT2D eigenvalue weighted by molar-refractivity contribution is 5.66. The van der Waals surface area contributed by atoms with Crippen molar-refractivity contribution < 1.29 is 22.6 Å². The molecule has 0 unspecified atom stereocenters. The molecule has 0 aliphatic carbocycles. The van der Waals surface area contributed by atoms with Crippen LogP contribution in [0.3, 0.4) is 0 Å². The van der Waals surface area contributed by atoms with Crippen LogP contribution in [0, 0.1) is 6.92 Å². The summed E-state index contributed by atoms with van der Waals surface area (Å²) < 4.78 is 50.1. The van der Waals surface area contributed by atoms with Gasteiger partial charge in [0.1, 0.15) is 6.61 Å². The van der Waals surface area contributed by atoms with Crippen LogP contribution in [0.1, 0.15) is 22.3 Å². The summed E-state index contributed by atoms with van der Waals surface area (Å²) in [6.45, 7) is 4.74. The smallest absolute Gasteiger partial charge is 0.417 e. The SMILES string of the molecule is COc1cc(-c2ccc(C(F)(F)F)cn2)cc2c1OCCN(Cc1cccc(C)c1)C2. The number of rotatable bonds is 4. The predicted molar refractivity (Wildman–Crippen MR) is 112 cm³/mol. The van der Waals surface area contributed by atoms with Gasteiger partial charge in [-0.05, 0) is 36.8 Å². The maximum Gasteiger partial charge on any atom is 0.417 e. The van der Waals surface area contributed by atoms with E-state index < -0.39 is 11.7 Å². The second-order valence-corrected chi connectivity index (χ2v) is 7.64. The highest BCUT2D eigenvalue weighted by Gasteiger charge is 2.30.